The molecule has 0 heterocycles. The van der Waals surface area contributed by atoms with Crippen molar-refractivity contribution in [1.29, 1.82) is 0 Å². The molecule has 0 bridgehead atoms. The molecule has 1 atom stereocenters. The van der Waals surface area contributed by atoms with Gasteiger partial charge < -0.3 is 10.8 Å². The normalized spacial score (nSPS) is 14.9. The zero-order chi connectivity index (χ0) is 10.3. The molecule has 0 saturated carbocycles. The van der Waals surface area contributed by atoms with E-state index in [4.69, 9.17) is 10.8 Å². The van der Waals surface area contributed by atoms with Crippen LogP contribution in [0.4, 0.5) is 0 Å². The van der Waals surface area contributed by atoms with Gasteiger partial charge in [0.05, 0.1) is 0 Å². The molecule has 0 aliphatic heterocycles. The summed E-state index contributed by atoms with van der Waals surface area (Å²) >= 11 is 0. The van der Waals surface area contributed by atoms with E-state index in [1.165, 1.54) is 6.92 Å². The topological polar surface area (TPSA) is 80.4 Å². The first-order valence-electron chi connectivity index (χ1n) is 3.88. The summed E-state index contributed by atoms with van der Waals surface area (Å²) in [4.78, 5) is 19.9. The molecule has 0 saturated heterocycles. The Labute approximate surface area is 113 Å². The number of carbonyl (C=O) groups is 2. The number of aliphatic carboxylic acids is 1. The molecule has 1 rings (SSSR count). The van der Waals surface area contributed by atoms with Crippen LogP contribution >= 0.6 is 0 Å². The van der Waals surface area contributed by atoms with Gasteiger partial charge in [0.1, 0.15) is 6.04 Å². The van der Waals surface area contributed by atoms with Crippen molar-refractivity contribution in [2.75, 3.05) is 0 Å². The van der Waals surface area contributed by atoms with Crippen LogP contribution in [0.5, 0.6) is 0 Å². The Morgan fingerprint density at radius 1 is 1.57 bits per heavy atom. The number of carboxylic acids is 1. The number of carbonyl (C=O) groups excluding carboxylic acids is 1. The van der Waals surface area contributed by atoms with Crippen LogP contribution in [-0.2, 0) is 9.59 Å². The minimum absolute atomic E-state index is 0. The van der Waals surface area contributed by atoms with Crippen LogP contribution in [0.15, 0.2) is 24.3 Å². The van der Waals surface area contributed by atoms with Crippen molar-refractivity contribution in [2.24, 2.45) is 5.73 Å². The average Bonchev–Trinajstić information content (AvgIpc) is 2.06. The van der Waals surface area contributed by atoms with Crippen molar-refractivity contribution in [3.8, 4) is 0 Å². The molecule has 0 aromatic rings. The van der Waals surface area contributed by atoms with E-state index in [0.29, 0.717) is 6.42 Å². The Bertz CT molecular complexity index is 246. The zero-order valence-electron chi connectivity index (χ0n) is 7.43. The third-order valence-corrected chi connectivity index (χ3v) is 1.24. The van der Waals surface area contributed by atoms with Gasteiger partial charge in [-0.3, -0.25) is 9.59 Å². The van der Waals surface area contributed by atoms with E-state index in [1.54, 1.807) is 12.2 Å². The number of rotatable bonds is 1. The molecule has 0 spiro atoms. The SMILES string of the molecule is CC(N)C(=O)O.O=C1C=CC=CC1.[CaH2]. The van der Waals surface area contributed by atoms with Crippen LogP contribution in [0.25, 0.3) is 0 Å². The molecule has 1 aliphatic carbocycles. The summed E-state index contributed by atoms with van der Waals surface area (Å²) in [6, 6.07) is -0.731. The number of hydrogen-bond acceptors (Lipinski definition) is 3. The van der Waals surface area contributed by atoms with Gasteiger partial charge >= 0.3 is 43.7 Å². The van der Waals surface area contributed by atoms with E-state index in [9.17, 15) is 9.59 Å². The molecule has 14 heavy (non-hydrogen) atoms. The Balaban J connectivity index is 0. The van der Waals surface area contributed by atoms with Gasteiger partial charge in [-0.25, -0.2) is 0 Å². The van der Waals surface area contributed by atoms with Crippen LogP contribution < -0.4 is 5.73 Å². The summed E-state index contributed by atoms with van der Waals surface area (Å²) in [6.07, 6.45) is 7.64. The molecule has 5 heteroatoms. The number of allylic oxidation sites excluding steroid dienone is 4. The minimum atomic E-state index is -0.963. The second kappa shape index (κ2) is 9.40. The summed E-state index contributed by atoms with van der Waals surface area (Å²) in [6.45, 7) is 1.42. The van der Waals surface area contributed by atoms with Crippen molar-refractivity contribution in [1.82, 2.24) is 0 Å². The number of ketones is 1. The molecule has 0 fully saturated rings. The number of carboxylic acid groups (broad SMARTS) is 1. The molecule has 0 aromatic carbocycles. The summed E-state index contributed by atoms with van der Waals surface area (Å²) < 4.78 is 0. The molecule has 4 nitrogen and oxygen atoms in total. The second-order valence-electron chi connectivity index (χ2n) is 2.58. The molecule has 1 aliphatic rings. The van der Waals surface area contributed by atoms with Crippen LogP contribution in [-0.4, -0.2) is 60.6 Å². The van der Waals surface area contributed by atoms with E-state index in [2.05, 4.69) is 0 Å². The fraction of sp³-hybridized carbons (Fsp3) is 0.333. The van der Waals surface area contributed by atoms with Gasteiger partial charge in [-0.1, -0.05) is 18.2 Å². The predicted octanol–water partition coefficient (Wildman–Crippen LogP) is -0.426. The second-order valence-corrected chi connectivity index (χ2v) is 2.58. The standard InChI is InChI=1S/C6H6O.C3H7NO2.Ca.2H/c7-6-4-2-1-3-5-6;1-2(4)3(5)6;;;/h1-4H,5H2;2H,4H2,1H3,(H,5,6);;;. The molecule has 0 amide bonds. The summed E-state index contributed by atoms with van der Waals surface area (Å²) in [5.41, 5.74) is 4.84. The maximum absolute atomic E-state index is 10.3. The Morgan fingerprint density at radius 3 is 2.21 bits per heavy atom. The third kappa shape index (κ3) is 9.92. The summed E-state index contributed by atoms with van der Waals surface area (Å²) in [5, 5.41) is 7.87. The quantitative estimate of drug-likeness (QED) is 0.594. The molecule has 1 unspecified atom stereocenters. The fourth-order valence-corrected chi connectivity index (χ4v) is 0.494. The van der Waals surface area contributed by atoms with Crippen molar-refractivity contribution >= 4 is 49.5 Å². The van der Waals surface area contributed by atoms with Gasteiger partial charge in [-0.2, -0.15) is 0 Å². The van der Waals surface area contributed by atoms with Crippen LogP contribution in [0.2, 0.25) is 0 Å². The van der Waals surface area contributed by atoms with Crippen molar-refractivity contribution in [2.45, 2.75) is 19.4 Å². The van der Waals surface area contributed by atoms with Gasteiger partial charge in [0.2, 0.25) is 0 Å². The Kier molecular flexibility index (Phi) is 10.9. The number of hydrogen-bond donors (Lipinski definition) is 2. The predicted molar refractivity (Wildman–Crippen MR) is 57.7 cm³/mol. The van der Waals surface area contributed by atoms with Gasteiger partial charge in [-0.05, 0) is 13.0 Å². The van der Waals surface area contributed by atoms with Gasteiger partial charge in [0.15, 0.2) is 5.78 Å². The van der Waals surface area contributed by atoms with Crippen molar-refractivity contribution in [3.63, 3.8) is 0 Å². The summed E-state index contributed by atoms with van der Waals surface area (Å²) in [5.74, 6) is -0.766. The van der Waals surface area contributed by atoms with Crippen molar-refractivity contribution in [3.05, 3.63) is 24.3 Å². The summed E-state index contributed by atoms with van der Waals surface area (Å²) in [7, 11) is 0. The Hall–Kier alpha value is -0.160. The average molecular weight is 225 g/mol. The van der Waals surface area contributed by atoms with Crippen LogP contribution in [0, 0.1) is 0 Å². The van der Waals surface area contributed by atoms with Crippen LogP contribution in [0.1, 0.15) is 13.3 Å². The molecular formula is C9H15CaNO3. The van der Waals surface area contributed by atoms with E-state index in [-0.39, 0.29) is 43.5 Å². The molecule has 0 aromatic heterocycles. The first-order valence-corrected chi connectivity index (χ1v) is 3.88. The van der Waals surface area contributed by atoms with E-state index in [0.717, 1.165) is 0 Å². The number of nitrogens with two attached hydrogens (primary N) is 1. The van der Waals surface area contributed by atoms with E-state index < -0.39 is 12.0 Å². The molecule has 76 valence electrons. The Morgan fingerprint density at radius 2 is 2.07 bits per heavy atom. The van der Waals surface area contributed by atoms with Gasteiger partial charge in [0.25, 0.3) is 0 Å². The molecule has 3 N–H and O–H groups in total. The van der Waals surface area contributed by atoms with Gasteiger partial charge in [0, 0.05) is 6.42 Å². The zero-order valence-corrected chi connectivity index (χ0v) is 7.43. The van der Waals surface area contributed by atoms with E-state index in [1.807, 2.05) is 12.2 Å². The third-order valence-electron chi connectivity index (χ3n) is 1.24. The molecule has 0 radical (unpaired) electrons. The van der Waals surface area contributed by atoms with Crippen LogP contribution in [0.3, 0.4) is 0 Å². The first-order chi connectivity index (χ1) is 6.04. The maximum atomic E-state index is 10.3. The fourth-order valence-electron chi connectivity index (χ4n) is 0.494. The molecular weight excluding hydrogens is 210 g/mol. The first kappa shape index (κ1) is 16.3. The van der Waals surface area contributed by atoms with E-state index >= 15 is 0 Å². The van der Waals surface area contributed by atoms with Gasteiger partial charge in [-0.15, -0.1) is 0 Å². The van der Waals surface area contributed by atoms with Crippen molar-refractivity contribution < 1.29 is 14.7 Å². The monoisotopic (exact) mass is 225 g/mol.